The van der Waals surface area contributed by atoms with Gasteiger partial charge in [0.15, 0.2) is 11.0 Å². The lowest BCUT2D eigenvalue weighted by Gasteiger charge is -2.21. The van der Waals surface area contributed by atoms with E-state index in [1.165, 1.54) is 47.0 Å². The highest BCUT2D eigenvalue weighted by atomic mass is 32.2. The Hall–Kier alpha value is -4.65. The molecule has 1 N–H and O–H groups in total. The molecule has 0 aliphatic carbocycles. The largest absolute Gasteiger partial charge is 0.573 e. The van der Waals surface area contributed by atoms with E-state index in [9.17, 15) is 22.8 Å². The first-order valence-corrected chi connectivity index (χ1v) is 15.4. The van der Waals surface area contributed by atoms with E-state index in [4.69, 9.17) is 0 Å². The van der Waals surface area contributed by atoms with Gasteiger partial charge in [-0.05, 0) is 73.6 Å². The third-order valence-corrected chi connectivity index (χ3v) is 8.02. The third-order valence-electron chi connectivity index (χ3n) is 7.10. The first-order valence-electron chi connectivity index (χ1n) is 14.4. The fraction of sp³-hybridized carbons (Fsp3) is 0.281. The molecule has 0 atom stereocenters. The maximum Gasteiger partial charge on any atom is 0.573 e. The van der Waals surface area contributed by atoms with Crippen LogP contribution < -0.4 is 15.0 Å². The van der Waals surface area contributed by atoms with Gasteiger partial charge in [-0.1, -0.05) is 61.2 Å². The van der Waals surface area contributed by atoms with E-state index in [2.05, 4.69) is 25.1 Å². The number of carbonyl (C=O) groups is 2. The van der Waals surface area contributed by atoms with Gasteiger partial charge < -0.3 is 10.1 Å². The van der Waals surface area contributed by atoms with Crippen LogP contribution in [-0.4, -0.2) is 50.5 Å². The van der Waals surface area contributed by atoms with Crippen LogP contribution in [0.15, 0.2) is 78.0 Å². The Morgan fingerprint density at radius 3 is 2.53 bits per heavy atom. The fourth-order valence-electron chi connectivity index (χ4n) is 4.91. The number of rotatable bonds is 10. The number of amidine groups is 1. The van der Waals surface area contributed by atoms with Crippen LogP contribution in [0.3, 0.4) is 0 Å². The Bertz CT molecular complexity index is 1690. The fourth-order valence-corrected chi connectivity index (χ4v) is 5.76. The lowest BCUT2D eigenvalue weighted by atomic mass is 10.0. The Labute approximate surface area is 262 Å². The van der Waals surface area contributed by atoms with Gasteiger partial charge in [0, 0.05) is 12.1 Å². The smallest absolute Gasteiger partial charge is 0.406 e. The highest BCUT2D eigenvalue weighted by molar-refractivity contribution is 8.15. The molecule has 4 aromatic rings. The maximum absolute atomic E-state index is 12.7. The number of anilines is 1. The van der Waals surface area contributed by atoms with Gasteiger partial charge in [-0.15, -0.1) is 18.3 Å². The van der Waals surface area contributed by atoms with Crippen LogP contribution in [0.25, 0.3) is 17.1 Å². The number of nitrogens with zero attached hydrogens (tertiary/aromatic N) is 5. The van der Waals surface area contributed by atoms with Crippen LogP contribution >= 0.6 is 11.8 Å². The minimum Gasteiger partial charge on any atom is -0.406 e. The summed E-state index contributed by atoms with van der Waals surface area (Å²) in [4.78, 5) is 35.3. The van der Waals surface area contributed by atoms with Crippen molar-refractivity contribution in [3.05, 3.63) is 89.7 Å². The van der Waals surface area contributed by atoms with E-state index in [-0.39, 0.29) is 17.4 Å². The summed E-state index contributed by atoms with van der Waals surface area (Å²) in [6.45, 7) is 4.44. The number of urea groups is 1. The number of unbranched alkanes of at least 4 members (excludes halogenated alkanes) is 1. The van der Waals surface area contributed by atoms with Crippen molar-refractivity contribution in [3.8, 4) is 22.8 Å². The van der Waals surface area contributed by atoms with Crippen LogP contribution in [0.2, 0.25) is 0 Å². The number of aromatic nitrogens is 3. The zero-order chi connectivity index (χ0) is 32.0. The van der Waals surface area contributed by atoms with E-state index in [1.807, 2.05) is 56.3 Å². The summed E-state index contributed by atoms with van der Waals surface area (Å²) in [5.41, 5.74) is 5.27. The highest BCUT2D eigenvalue weighted by Gasteiger charge is 2.33. The minimum absolute atomic E-state index is 0.0844. The van der Waals surface area contributed by atoms with Crippen molar-refractivity contribution in [3.63, 3.8) is 0 Å². The molecule has 1 fully saturated rings. The van der Waals surface area contributed by atoms with Crippen molar-refractivity contribution in [1.29, 1.82) is 0 Å². The van der Waals surface area contributed by atoms with Crippen LogP contribution in [0.4, 0.5) is 23.7 Å². The van der Waals surface area contributed by atoms with Crippen molar-refractivity contribution < 1.29 is 27.5 Å². The van der Waals surface area contributed by atoms with Gasteiger partial charge in [0.05, 0.1) is 17.1 Å². The molecule has 0 radical (unpaired) electrons. The van der Waals surface area contributed by atoms with Crippen LogP contribution in [-0.2, 0) is 17.6 Å². The monoisotopic (exact) mass is 636 g/mol. The molecule has 234 valence electrons. The van der Waals surface area contributed by atoms with E-state index in [0.717, 1.165) is 53.6 Å². The molecule has 13 heteroatoms. The first-order chi connectivity index (χ1) is 21.6. The lowest BCUT2D eigenvalue weighted by molar-refractivity contribution is -0.274. The summed E-state index contributed by atoms with van der Waals surface area (Å²) in [6.07, 6.45) is -0.0800. The highest BCUT2D eigenvalue weighted by Crippen LogP contribution is 2.33. The predicted molar refractivity (Wildman–Crippen MR) is 168 cm³/mol. The third kappa shape index (κ3) is 8.09. The second-order valence-corrected chi connectivity index (χ2v) is 11.2. The van der Waals surface area contributed by atoms with Gasteiger partial charge >= 0.3 is 12.4 Å². The zero-order valence-corrected chi connectivity index (χ0v) is 25.5. The number of amides is 3. The maximum atomic E-state index is 12.7. The molecule has 0 spiro atoms. The molecule has 1 aliphatic rings. The normalized spacial score (nSPS) is 14.3. The predicted octanol–water partition coefficient (Wildman–Crippen LogP) is 6.87. The van der Waals surface area contributed by atoms with Crippen LogP contribution in [0, 0.1) is 6.92 Å². The molecule has 0 unspecified atom stereocenters. The molecule has 0 saturated carbocycles. The number of thioether (sulfide) groups is 1. The summed E-state index contributed by atoms with van der Waals surface area (Å²) in [6, 6.07) is 18.6. The number of hydrogen-bond donors (Lipinski definition) is 1. The van der Waals surface area contributed by atoms with Gasteiger partial charge in [-0.25, -0.2) is 14.5 Å². The number of benzene rings is 3. The van der Waals surface area contributed by atoms with Gasteiger partial charge in [-0.2, -0.15) is 4.99 Å². The van der Waals surface area contributed by atoms with E-state index >= 15 is 0 Å². The van der Waals surface area contributed by atoms with Crippen LogP contribution in [0.5, 0.6) is 5.75 Å². The molecule has 2 heterocycles. The molecule has 1 aliphatic heterocycles. The molecule has 5 rings (SSSR count). The summed E-state index contributed by atoms with van der Waals surface area (Å²) in [7, 11) is 0. The van der Waals surface area contributed by atoms with E-state index in [1.54, 1.807) is 4.90 Å². The molecule has 3 aromatic carbocycles. The first kappa shape index (κ1) is 31.8. The van der Waals surface area contributed by atoms with Crippen molar-refractivity contribution in [2.45, 2.75) is 45.9 Å². The van der Waals surface area contributed by atoms with Crippen molar-refractivity contribution >= 4 is 34.6 Å². The minimum atomic E-state index is -4.75. The molecular formula is C32H31F3N6O3S. The number of hydrogen-bond acceptors (Lipinski definition) is 6. The second kappa shape index (κ2) is 14.0. The summed E-state index contributed by atoms with van der Waals surface area (Å²) in [5.74, 6) is 0.336. The number of aliphatic imine (C=N–C) groups is 1. The van der Waals surface area contributed by atoms with Crippen molar-refractivity contribution in [2.75, 3.05) is 17.2 Å². The SMILES string of the molecule is CCc1cccc(C)c1N1C(=O)CS/C1=N\C(=O)NCCCCc1ccc(-c2ncn(-c3ccc(OC(F)(F)F)cc3)n2)cc1. The summed E-state index contributed by atoms with van der Waals surface area (Å²) >= 11 is 1.27. The van der Waals surface area contributed by atoms with Crippen molar-refractivity contribution in [1.82, 2.24) is 20.1 Å². The summed E-state index contributed by atoms with van der Waals surface area (Å²) < 4.78 is 42.6. The van der Waals surface area contributed by atoms with Gasteiger partial charge in [0.2, 0.25) is 5.91 Å². The number of halogens is 3. The van der Waals surface area contributed by atoms with Crippen molar-refractivity contribution in [2.24, 2.45) is 4.99 Å². The molecular weight excluding hydrogens is 605 g/mol. The number of ether oxygens (including phenoxy) is 1. The molecule has 3 amide bonds. The van der Waals surface area contributed by atoms with E-state index < -0.39 is 12.4 Å². The number of alkyl halides is 3. The van der Waals surface area contributed by atoms with Gasteiger partial charge in [0.1, 0.15) is 12.1 Å². The number of nitrogens with one attached hydrogen (secondary N) is 1. The topological polar surface area (TPSA) is 102 Å². The number of aryl methyl sites for hydroxylation is 3. The Morgan fingerprint density at radius 2 is 1.82 bits per heavy atom. The second-order valence-electron chi connectivity index (χ2n) is 10.3. The Morgan fingerprint density at radius 1 is 1.07 bits per heavy atom. The standard InChI is InChI=1S/C32H31F3N6O3S/c1-3-23-9-6-7-21(2)28(23)41-27(42)19-45-31(41)38-30(43)36-18-5-4-8-22-10-12-24(13-11-22)29-37-20-40(39-29)25-14-16-26(17-15-25)44-32(33,34)35/h6-7,9-17,20H,3-5,8,18-19H2,1-2H3,(H,36,43)/b38-31-. The molecule has 1 aromatic heterocycles. The number of para-hydroxylation sites is 1. The molecule has 0 bridgehead atoms. The molecule has 45 heavy (non-hydrogen) atoms. The average Bonchev–Trinajstić information content (AvgIpc) is 3.64. The molecule has 1 saturated heterocycles. The lowest BCUT2D eigenvalue weighted by Crippen LogP contribution is -2.32. The quantitative estimate of drug-likeness (QED) is 0.191. The Kier molecular flexibility index (Phi) is 9.87. The zero-order valence-electron chi connectivity index (χ0n) is 24.7. The van der Waals surface area contributed by atoms with Gasteiger partial charge in [-0.3, -0.25) is 9.69 Å². The van der Waals surface area contributed by atoms with E-state index in [0.29, 0.717) is 23.2 Å². The average molecular weight is 637 g/mol. The summed E-state index contributed by atoms with van der Waals surface area (Å²) in [5, 5.41) is 7.66. The van der Waals surface area contributed by atoms with Gasteiger partial charge in [0.25, 0.3) is 0 Å². The Balaban J connectivity index is 1.09. The number of carbonyl (C=O) groups excluding carboxylic acids is 2. The molecule has 9 nitrogen and oxygen atoms in total. The van der Waals surface area contributed by atoms with Crippen LogP contribution in [0.1, 0.15) is 36.5 Å².